The Balaban J connectivity index is 2.17. The van der Waals surface area contributed by atoms with E-state index in [1.54, 1.807) is 25.1 Å². The van der Waals surface area contributed by atoms with Gasteiger partial charge in [0, 0.05) is 6.54 Å². The number of hydrogen-bond acceptors (Lipinski definition) is 4. The van der Waals surface area contributed by atoms with Crippen LogP contribution in [0.25, 0.3) is 0 Å². The number of carbonyl (C=O) groups excluding carboxylic acids is 1. The Bertz CT molecular complexity index is 583. The van der Waals surface area contributed by atoms with Crippen LogP contribution in [0.4, 0.5) is 5.69 Å². The van der Waals surface area contributed by atoms with Crippen molar-refractivity contribution in [3.63, 3.8) is 0 Å². The summed E-state index contributed by atoms with van der Waals surface area (Å²) in [7, 11) is -3.23. The van der Waals surface area contributed by atoms with E-state index in [0.29, 0.717) is 11.4 Å². The molecule has 0 radical (unpaired) electrons. The Morgan fingerprint density at radius 2 is 2.17 bits per heavy atom. The Morgan fingerprint density at radius 1 is 1.44 bits per heavy atom. The first-order valence-electron chi connectivity index (χ1n) is 5.40. The van der Waals surface area contributed by atoms with Crippen LogP contribution in [0.15, 0.2) is 18.2 Å². The predicted octanol–water partition coefficient (Wildman–Crippen LogP) is 0.455. The van der Waals surface area contributed by atoms with Crippen LogP contribution in [-0.2, 0) is 21.4 Å². The largest absolute Gasteiger partial charge is 0.479 e. The minimum atomic E-state index is -3.23. The first kappa shape index (κ1) is 12.8. The van der Waals surface area contributed by atoms with Gasteiger partial charge in [-0.2, -0.15) is 0 Å². The molecule has 2 N–H and O–H groups in total. The molecule has 98 valence electrons. The van der Waals surface area contributed by atoms with Crippen molar-refractivity contribution in [1.82, 2.24) is 4.72 Å². The molecule has 1 aromatic carbocycles. The molecule has 0 spiro atoms. The van der Waals surface area contributed by atoms with E-state index in [0.717, 1.165) is 11.8 Å². The lowest BCUT2D eigenvalue weighted by atomic mass is 10.1. The fourth-order valence-corrected chi connectivity index (χ4v) is 2.01. The Hall–Kier alpha value is -1.60. The molecule has 1 aliphatic rings. The molecule has 0 aliphatic carbocycles. The fourth-order valence-electron chi connectivity index (χ4n) is 1.58. The van der Waals surface area contributed by atoms with Gasteiger partial charge in [-0.1, -0.05) is 6.07 Å². The first-order chi connectivity index (χ1) is 8.35. The molecule has 1 atom stereocenters. The summed E-state index contributed by atoms with van der Waals surface area (Å²) in [6.45, 7) is 1.84. The number of amides is 1. The van der Waals surface area contributed by atoms with Crippen molar-refractivity contribution in [3.05, 3.63) is 23.8 Å². The number of sulfonamides is 1. The zero-order valence-corrected chi connectivity index (χ0v) is 10.9. The van der Waals surface area contributed by atoms with Crippen molar-refractivity contribution in [1.29, 1.82) is 0 Å². The average Bonchev–Trinajstić information content (AvgIpc) is 2.27. The standard InChI is InChI=1S/C11H14N2O4S/c1-7-11(14)13-9-5-8(3-4-10(9)17-7)6-12-18(2,15)16/h3-5,7,12H,6H2,1-2H3,(H,13,14). The molecule has 6 nitrogen and oxygen atoms in total. The van der Waals surface area contributed by atoms with Gasteiger partial charge < -0.3 is 10.1 Å². The molecule has 1 unspecified atom stereocenters. The summed E-state index contributed by atoms with van der Waals surface area (Å²) in [6, 6.07) is 5.16. The molecular formula is C11H14N2O4S. The molecule has 7 heteroatoms. The number of rotatable bonds is 3. The molecule has 0 saturated heterocycles. The van der Waals surface area contributed by atoms with Crippen molar-refractivity contribution in [3.8, 4) is 5.75 Å². The maximum atomic E-state index is 11.4. The molecular weight excluding hydrogens is 256 g/mol. The predicted molar refractivity (Wildman–Crippen MR) is 66.8 cm³/mol. The average molecular weight is 270 g/mol. The van der Waals surface area contributed by atoms with Crippen LogP contribution >= 0.6 is 0 Å². The number of nitrogens with one attached hydrogen (secondary N) is 2. The first-order valence-corrected chi connectivity index (χ1v) is 7.29. The lowest BCUT2D eigenvalue weighted by Gasteiger charge is -2.23. The topological polar surface area (TPSA) is 84.5 Å². The van der Waals surface area contributed by atoms with Gasteiger partial charge in [-0.05, 0) is 24.6 Å². The van der Waals surface area contributed by atoms with Crippen LogP contribution in [0.2, 0.25) is 0 Å². The molecule has 2 rings (SSSR count). The molecule has 0 aromatic heterocycles. The highest BCUT2D eigenvalue weighted by molar-refractivity contribution is 7.88. The van der Waals surface area contributed by atoms with Crippen molar-refractivity contribution < 1.29 is 17.9 Å². The Kier molecular flexibility index (Phi) is 3.27. The summed E-state index contributed by atoms with van der Waals surface area (Å²) in [5.41, 5.74) is 1.31. The number of benzene rings is 1. The van der Waals surface area contributed by atoms with E-state index in [1.807, 2.05) is 0 Å². The molecule has 1 aromatic rings. The molecule has 1 heterocycles. The zero-order chi connectivity index (χ0) is 13.3. The van der Waals surface area contributed by atoms with Gasteiger partial charge in [0.2, 0.25) is 10.0 Å². The molecule has 0 fully saturated rings. The monoisotopic (exact) mass is 270 g/mol. The van der Waals surface area contributed by atoms with Crippen molar-refractivity contribution in [2.24, 2.45) is 0 Å². The third-order valence-corrected chi connectivity index (χ3v) is 3.18. The van der Waals surface area contributed by atoms with Gasteiger partial charge in [-0.15, -0.1) is 0 Å². The molecule has 18 heavy (non-hydrogen) atoms. The minimum absolute atomic E-state index is 0.178. The molecule has 1 aliphatic heterocycles. The summed E-state index contributed by atoms with van der Waals surface area (Å²) in [5.74, 6) is 0.376. The zero-order valence-electron chi connectivity index (χ0n) is 10.1. The SMILES string of the molecule is CC1Oc2ccc(CNS(C)(=O)=O)cc2NC1=O. The number of carbonyl (C=O) groups is 1. The van der Waals surface area contributed by atoms with E-state index in [1.165, 1.54) is 0 Å². The summed E-state index contributed by atoms with van der Waals surface area (Å²) in [4.78, 5) is 11.4. The smallest absolute Gasteiger partial charge is 0.265 e. The summed E-state index contributed by atoms with van der Waals surface area (Å²) < 4.78 is 29.7. The maximum absolute atomic E-state index is 11.4. The quantitative estimate of drug-likeness (QED) is 0.835. The van der Waals surface area contributed by atoms with Gasteiger partial charge in [0.05, 0.1) is 11.9 Å². The number of fused-ring (bicyclic) bond motifs is 1. The van der Waals surface area contributed by atoms with Crippen molar-refractivity contribution in [2.45, 2.75) is 19.6 Å². The second kappa shape index (κ2) is 4.58. The minimum Gasteiger partial charge on any atom is -0.479 e. The summed E-state index contributed by atoms with van der Waals surface area (Å²) in [6.07, 6.45) is 0.579. The highest BCUT2D eigenvalue weighted by atomic mass is 32.2. The van der Waals surface area contributed by atoms with Crippen LogP contribution in [0, 0.1) is 0 Å². The van der Waals surface area contributed by atoms with Gasteiger partial charge in [0.15, 0.2) is 6.10 Å². The lowest BCUT2D eigenvalue weighted by molar-refractivity contribution is -0.122. The molecule has 1 amide bonds. The van der Waals surface area contributed by atoms with Crippen LogP contribution in [-0.4, -0.2) is 26.7 Å². The van der Waals surface area contributed by atoms with Crippen LogP contribution < -0.4 is 14.8 Å². The normalized spacial score (nSPS) is 18.8. The summed E-state index contributed by atoms with van der Waals surface area (Å²) >= 11 is 0. The highest BCUT2D eigenvalue weighted by Gasteiger charge is 2.23. The van der Waals surface area contributed by atoms with Crippen LogP contribution in [0.5, 0.6) is 5.75 Å². The number of anilines is 1. The third-order valence-electron chi connectivity index (χ3n) is 2.51. The van der Waals surface area contributed by atoms with Gasteiger partial charge in [-0.25, -0.2) is 13.1 Å². The van der Waals surface area contributed by atoms with E-state index in [9.17, 15) is 13.2 Å². The third kappa shape index (κ3) is 2.99. The summed E-state index contributed by atoms with van der Waals surface area (Å²) in [5, 5.41) is 2.71. The van der Waals surface area contributed by atoms with E-state index in [-0.39, 0.29) is 12.5 Å². The van der Waals surface area contributed by atoms with Gasteiger partial charge in [0.1, 0.15) is 5.75 Å². The van der Waals surface area contributed by atoms with Crippen LogP contribution in [0.1, 0.15) is 12.5 Å². The van der Waals surface area contributed by atoms with E-state index in [4.69, 9.17) is 4.74 Å². The van der Waals surface area contributed by atoms with Gasteiger partial charge in [-0.3, -0.25) is 4.79 Å². The Labute approximate surface area is 105 Å². The second-order valence-electron chi connectivity index (χ2n) is 4.17. The lowest BCUT2D eigenvalue weighted by Crippen LogP contribution is -2.34. The van der Waals surface area contributed by atoms with E-state index >= 15 is 0 Å². The van der Waals surface area contributed by atoms with Crippen LogP contribution in [0.3, 0.4) is 0 Å². The van der Waals surface area contributed by atoms with Crippen molar-refractivity contribution in [2.75, 3.05) is 11.6 Å². The Morgan fingerprint density at radius 3 is 2.83 bits per heavy atom. The number of hydrogen-bond donors (Lipinski definition) is 2. The highest BCUT2D eigenvalue weighted by Crippen LogP contribution is 2.30. The van der Waals surface area contributed by atoms with Gasteiger partial charge in [0.25, 0.3) is 5.91 Å². The number of ether oxygens (including phenoxy) is 1. The van der Waals surface area contributed by atoms with Gasteiger partial charge >= 0.3 is 0 Å². The van der Waals surface area contributed by atoms with E-state index < -0.39 is 16.1 Å². The second-order valence-corrected chi connectivity index (χ2v) is 6.01. The maximum Gasteiger partial charge on any atom is 0.265 e. The molecule has 0 saturated carbocycles. The molecule has 0 bridgehead atoms. The van der Waals surface area contributed by atoms with E-state index in [2.05, 4.69) is 10.0 Å². The van der Waals surface area contributed by atoms with Crippen molar-refractivity contribution >= 4 is 21.6 Å². The fraction of sp³-hybridized carbons (Fsp3) is 0.364.